The van der Waals surface area contributed by atoms with Crippen molar-refractivity contribution in [2.45, 2.75) is 4.90 Å². The second-order valence-electron chi connectivity index (χ2n) is 8.12. The number of halogens is 1. The van der Waals surface area contributed by atoms with E-state index >= 15 is 0 Å². The summed E-state index contributed by atoms with van der Waals surface area (Å²) in [6.45, 7) is 0. The number of fused-ring (bicyclic) bond motifs is 4. The van der Waals surface area contributed by atoms with Crippen LogP contribution in [0.1, 0.15) is 0 Å². The van der Waals surface area contributed by atoms with Crippen molar-refractivity contribution in [2.75, 3.05) is 17.1 Å². The molecule has 10 nitrogen and oxygen atoms in total. The second kappa shape index (κ2) is 8.85. The molecular weight excluding hydrogens is 498 g/mol. The number of hydrogen-bond donors (Lipinski definition) is 2. The van der Waals surface area contributed by atoms with Crippen LogP contribution in [0, 0.1) is 0 Å². The highest BCUT2D eigenvalue weighted by Gasteiger charge is 2.16. The normalized spacial score (nSPS) is 11.4. The van der Waals surface area contributed by atoms with Gasteiger partial charge in [0.05, 0.1) is 40.1 Å². The Kier molecular flexibility index (Phi) is 5.50. The predicted octanol–water partition coefficient (Wildman–Crippen LogP) is 5.32. The maximum absolute atomic E-state index is 6.15. The smallest absolute Gasteiger partial charge is 0.229 e. The first kappa shape index (κ1) is 22.4. The van der Waals surface area contributed by atoms with Crippen molar-refractivity contribution >= 4 is 73.8 Å². The lowest BCUT2D eigenvalue weighted by molar-refractivity contribution is 0.387. The Morgan fingerprint density at radius 1 is 1.03 bits per heavy atom. The summed E-state index contributed by atoms with van der Waals surface area (Å²) in [6, 6.07) is 10.0. The Morgan fingerprint density at radius 3 is 2.72 bits per heavy atom. The molecule has 5 aromatic heterocycles. The number of para-hydroxylation sites is 1. The van der Waals surface area contributed by atoms with Gasteiger partial charge in [0.2, 0.25) is 11.8 Å². The summed E-state index contributed by atoms with van der Waals surface area (Å²) < 4.78 is 12.6. The molecule has 1 aromatic carbocycles. The van der Waals surface area contributed by atoms with Crippen LogP contribution < -0.4 is 14.8 Å². The summed E-state index contributed by atoms with van der Waals surface area (Å²) in [7, 11) is 5.44. The molecule has 0 aliphatic rings. The molecule has 0 unspecified atom stereocenters. The average molecular weight is 518 g/mol. The Balaban J connectivity index is 1.40. The van der Waals surface area contributed by atoms with Crippen LogP contribution in [0.25, 0.3) is 33.0 Å². The Morgan fingerprint density at radius 2 is 1.92 bits per heavy atom. The lowest BCUT2D eigenvalue weighted by Gasteiger charge is -2.11. The monoisotopic (exact) mass is 517 g/mol. The number of nitrogens with one attached hydrogen (secondary N) is 2. The number of ether oxygens (including phenoxy) is 1. The van der Waals surface area contributed by atoms with Crippen LogP contribution in [0.15, 0.2) is 60.0 Å². The minimum Gasteiger partial charge on any atom is -0.480 e. The predicted molar refractivity (Wildman–Crippen MR) is 143 cm³/mol. The topological polar surface area (TPSA) is 108 Å². The minimum absolute atomic E-state index is 0.462. The van der Waals surface area contributed by atoms with Crippen LogP contribution in [0.3, 0.4) is 0 Å². The van der Waals surface area contributed by atoms with Crippen molar-refractivity contribution in [1.82, 2.24) is 34.3 Å². The fourth-order valence-corrected chi connectivity index (χ4v) is 5.15. The molecule has 5 heterocycles. The van der Waals surface area contributed by atoms with E-state index in [0.29, 0.717) is 22.5 Å². The van der Waals surface area contributed by atoms with Gasteiger partial charge in [0.15, 0.2) is 5.65 Å². The van der Waals surface area contributed by atoms with E-state index in [1.165, 1.54) is 11.9 Å². The number of methoxy groups -OCH3 is 1. The van der Waals surface area contributed by atoms with Crippen LogP contribution in [0.2, 0.25) is 5.02 Å². The molecule has 0 saturated heterocycles. The fraction of sp³-hybridized carbons (Fsp3) is 0.125. The van der Waals surface area contributed by atoms with E-state index in [1.807, 2.05) is 38.5 Å². The zero-order chi connectivity index (χ0) is 24.8. The van der Waals surface area contributed by atoms with Crippen LogP contribution in [0.5, 0.6) is 5.88 Å². The second-order valence-corrected chi connectivity index (χ2v) is 9.40. The summed E-state index contributed by atoms with van der Waals surface area (Å²) in [5.41, 5.74) is 4.17. The highest BCUT2D eigenvalue weighted by molar-refractivity contribution is 8.00. The molecule has 0 radical (unpaired) electrons. The Bertz CT molecular complexity index is 1760. The molecule has 12 heteroatoms. The molecule has 0 bridgehead atoms. The van der Waals surface area contributed by atoms with Crippen molar-refractivity contribution < 1.29 is 4.74 Å². The van der Waals surface area contributed by atoms with Crippen molar-refractivity contribution in [1.29, 1.82) is 0 Å². The van der Waals surface area contributed by atoms with Crippen LogP contribution in [0.4, 0.5) is 17.3 Å². The number of hydrogen-bond acceptors (Lipinski definition) is 9. The number of nitrogens with zero attached hydrogens (tertiary/aromatic N) is 7. The van der Waals surface area contributed by atoms with E-state index in [2.05, 4.69) is 46.8 Å². The van der Waals surface area contributed by atoms with Crippen LogP contribution in [-0.2, 0) is 14.1 Å². The van der Waals surface area contributed by atoms with Gasteiger partial charge in [-0.1, -0.05) is 23.7 Å². The molecule has 6 aromatic rings. The molecule has 180 valence electrons. The van der Waals surface area contributed by atoms with Gasteiger partial charge in [-0.3, -0.25) is 4.68 Å². The summed E-state index contributed by atoms with van der Waals surface area (Å²) in [4.78, 5) is 19.0. The van der Waals surface area contributed by atoms with E-state index in [4.69, 9.17) is 21.3 Å². The first-order valence-electron chi connectivity index (χ1n) is 10.9. The third-order valence-electron chi connectivity index (χ3n) is 5.74. The molecule has 36 heavy (non-hydrogen) atoms. The molecule has 0 saturated carbocycles. The first-order valence-corrected chi connectivity index (χ1v) is 12.1. The zero-order valence-corrected chi connectivity index (χ0v) is 21.1. The third-order valence-corrected chi connectivity index (χ3v) is 6.78. The van der Waals surface area contributed by atoms with Gasteiger partial charge in [-0.05, 0) is 30.1 Å². The van der Waals surface area contributed by atoms with E-state index in [0.717, 1.165) is 43.6 Å². The number of aromatic nitrogens is 7. The van der Waals surface area contributed by atoms with E-state index < -0.39 is 0 Å². The number of rotatable bonds is 6. The van der Waals surface area contributed by atoms with Crippen molar-refractivity contribution in [3.8, 4) is 5.88 Å². The first-order chi connectivity index (χ1) is 17.5. The highest BCUT2D eigenvalue weighted by Crippen LogP contribution is 2.37. The molecular formula is C24H20ClN9OS. The standard InChI is InChI=1S/C24H20ClN9OS/c1-33-12-15(11-28-33)29-24-27-9-13-7-17-16-5-4-6-18(20(16)34(2)22(17)30-21(13)31-24)32-36-19-8-14(25)10-26-23(19)35-3/h4-12,32H,1-3H3,(H,27,29,30,31). The molecule has 0 amide bonds. The quantitative estimate of drug-likeness (QED) is 0.283. The number of benzene rings is 1. The molecule has 0 spiro atoms. The lowest BCUT2D eigenvalue weighted by atomic mass is 10.1. The van der Waals surface area contributed by atoms with Gasteiger partial charge >= 0.3 is 0 Å². The van der Waals surface area contributed by atoms with Gasteiger partial charge in [0.1, 0.15) is 5.65 Å². The van der Waals surface area contributed by atoms with Gasteiger partial charge in [-0.15, -0.1) is 0 Å². The largest absolute Gasteiger partial charge is 0.480 e. The van der Waals surface area contributed by atoms with Gasteiger partial charge in [0.25, 0.3) is 0 Å². The number of anilines is 3. The molecule has 0 atom stereocenters. The van der Waals surface area contributed by atoms with Crippen LogP contribution >= 0.6 is 23.5 Å². The summed E-state index contributed by atoms with van der Waals surface area (Å²) in [5, 5.41) is 10.8. The zero-order valence-electron chi connectivity index (χ0n) is 19.5. The van der Waals surface area contributed by atoms with E-state index in [9.17, 15) is 0 Å². The minimum atomic E-state index is 0.462. The molecule has 0 aliphatic heterocycles. The summed E-state index contributed by atoms with van der Waals surface area (Å²) in [6.07, 6.45) is 6.92. The van der Waals surface area contributed by atoms with E-state index in [-0.39, 0.29) is 0 Å². The summed E-state index contributed by atoms with van der Waals surface area (Å²) >= 11 is 7.53. The van der Waals surface area contributed by atoms with Crippen molar-refractivity contribution in [3.05, 3.63) is 60.1 Å². The average Bonchev–Trinajstić information content (AvgIpc) is 3.42. The maximum Gasteiger partial charge on any atom is 0.229 e. The number of aryl methyl sites for hydroxylation is 2. The van der Waals surface area contributed by atoms with Crippen molar-refractivity contribution in [2.24, 2.45) is 14.1 Å². The fourth-order valence-electron chi connectivity index (χ4n) is 4.14. The molecule has 0 fully saturated rings. The SMILES string of the molecule is COc1ncc(Cl)cc1SNc1cccc2c3cc4cnc(Nc5cnn(C)c5)nc4nc3n(C)c12. The Hall–Kier alpha value is -4.09. The maximum atomic E-state index is 6.15. The van der Waals surface area contributed by atoms with Gasteiger partial charge in [-0.25, -0.2) is 15.0 Å². The van der Waals surface area contributed by atoms with Gasteiger partial charge < -0.3 is 19.3 Å². The van der Waals surface area contributed by atoms with Crippen molar-refractivity contribution in [3.63, 3.8) is 0 Å². The van der Waals surface area contributed by atoms with Gasteiger partial charge in [0, 0.05) is 48.8 Å². The molecule has 0 aliphatic carbocycles. The number of pyridine rings is 2. The van der Waals surface area contributed by atoms with E-state index in [1.54, 1.807) is 30.4 Å². The van der Waals surface area contributed by atoms with Gasteiger partial charge in [-0.2, -0.15) is 10.1 Å². The highest BCUT2D eigenvalue weighted by atomic mass is 35.5. The third kappa shape index (κ3) is 3.91. The molecule has 6 rings (SSSR count). The lowest BCUT2D eigenvalue weighted by Crippen LogP contribution is -1.99. The van der Waals surface area contributed by atoms with Crippen LogP contribution in [-0.4, -0.2) is 41.4 Å². The summed E-state index contributed by atoms with van der Waals surface area (Å²) in [5.74, 6) is 0.965. The molecule has 2 N–H and O–H groups in total. The Labute approximate surface area is 214 Å².